The maximum Gasteiger partial charge on any atom is 0.237 e. The van der Waals surface area contributed by atoms with Crippen LogP contribution in [0, 0.1) is 0 Å². The van der Waals surface area contributed by atoms with E-state index in [4.69, 9.17) is 20.2 Å². The van der Waals surface area contributed by atoms with Gasteiger partial charge in [-0.05, 0) is 35.7 Å². The van der Waals surface area contributed by atoms with E-state index < -0.39 is 5.92 Å². The summed E-state index contributed by atoms with van der Waals surface area (Å²) in [6, 6.07) is 11.4. The van der Waals surface area contributed by atoms with Crippen molar-refractivity contribution in [3.05, 3.63) is 47.5 Å². The van der Waals surface area contributed by atoms with Gasteiger partial charge in [-0.1, -0.05) is 19.1 Å². The summed E-state index contributed by atoms with van der Waals surface area (Å²) in [7, 11) is 3.15. The molecule has 6 heteroatoms. The molecule has 1 aliphatic heterocycles. The Labute approximate surface area is 153 Å². The fraction of sp³-hybridized carbons (Fsp3) is 0.300. The minimum atomic E-state index is -0.441. The highest BCUT2D eigenvalue weighted by Gasteiger charge is 2.35. The van der Waals surface area contributed by atoms with Crippen LogP contribution >= 0.6 is 0 Å². The molecule has 0 saturated carbocycles. The number of nitrogens with zero attached hydrogens (tertiary/aromatic N) is 1. The molecule has 136 valence electrons. The zero-order valence-corrected chi connectivity index (χ0v) is 15.2. The van der Waals surface area contributed by atoms with Crippen LogP contribution < -0.4 is 20.5 Å². The summed E-state index contributed by atoms with van der Waals surface area (Å²) in [5.74, 6) is 0.647. The molecule has 1 heterocycles. The Morgan fingerprint density at radius 1 is 1.15 bits per heavy atom. The summed E-state index contributed by atoms with van der Waals surface area (Å²) >= 11 is 0. The average Bonchev–Trinajstić information content (AvgIpc) is 3.00. The van der Waals surface area contributed by atoms with Crippen LogP contribution in [-0.2, 0) is 11.3 Å². The third-order valence-electron chi connectivity index (χ3n) is 4.53. The molecule has 0 radical (unpaired) electrons. The van der Waals surface area contributed by atoms with Gasteiger partial charge in [0.15, 0.2) is 11.5 Å². The molecule has 1 atom stereocenters. The fourth-order valence-corrected chi connectivity index (χ4v) is 3.14. The lowest BCUT2D eigenvalue weighted by Gasteiger charge is -2.14. The quantitative estimate of drug-likeness (QED) is 0.780. The Hall–Kier alpha value is -2.86. The number of nitrogens with one attached hydrogen (secondary N) is 1. The van der Waals surface area contributed by atoms with Crippen molar-refractivity contribution in [1.29, 1.82) is 0 Å². The van der Waals surface area contributed by atoms with Gasteiger partial charge in [-0.25, -0.2) is 0 Å². The van der Waals surface area contributed by atoms with E-state index in [-0.39, 0.29) is 5.91 Å². The molecule has 2 aromatic carbocycles. The number of hydrogen-bond donors (Lipinski definition) is 2. The second-order valence-corrected chi connectivity index (χ2v) is 6.04. The van der Waals surface area contributed by atoms with Crippen LogP contribution in [0.2, 0.25) is 0 Å². The standard InChI is InChI=1S/C20H23N3O3/c1-4-15(22-13-7-5-12(11-21)6-8-13)19-14-9-17(25-2)18(26-3)10-16(14)23-20(19)24/h5-10,19H,4,11,21H2,1-3H3,(H,23,24). The van der Waals surface area contributed by atoms with E-state index in [9.17, 15) is 4.79 Å². The SMILES string of the molecule is CCC(=Nc1ccc(CN)cc1)C1C(=O)Nc2cc(OC)c(OC)cc21. The average molecular weight is 353 g/mol. The number of methoxy groups -OCH3 is 2. The molecule has 3 N–H and O–H groups in total. The summed E-state index contributed by atoms with van der Waals surface area (Å²) in [6.45, 7) is 2.49. The van der Waals surface area contributed by atoms with Gasteiger partial charge >= 0.3 is 0 Å². The van der Waals surface area contributed by atoms with Gasteiger partial charge < -0.3 is 20.5 Å². The number of fused-ring (bicyclic) bond motifs is 1. The summed E-state index contributed by atoms with van der Waals surface area (Å²) in [5.41, 5.74) is 9.88. The number of hydrogen-bond acceptors (Lipinski definition) is 5. The van der Waals surface area contributed by atoms with Gasteiger partial charge in [-0.15, -0.1) is 0 Å². The lowest BCUT2D eigenvalue weighted by atomic mass is 9.93. The van der Waals surface area contributed by atoms with Crippen molar-refractivity contribution >= 4 is 23.0 Å². The van der Waals surface area contributed by atoms with Crippen molar-refractivity contribution in [2.24, 2.45) is 10.7 Å². The van der Waals surface area contributed by atoms with Crippen LogP contribution in [0.3, 0.4) is 0 Å². The topological polar surface area (TPSA) is 85.9 Å². The van der Waals surface area contributed by atoms with Crippen molar-refractivity contribution in [3.63, 3.8) is 0 Å². The molecule has 0 aromatic heterocycles. The third kappa shape index (κ3) is 3.28. The molecule has 0 fully saturated rings. The first-order valence-electron chi connectivity index (χ1n) is 8.54. The van der Waals surface area contributed by atoms with Crippen molar-refractivity contribution in [2.45, 2.75) is 25.8 Å². The predicted molar refractivity (Wildman–Crippen MR) is 103 cm³/mol. The minimum absolute atomic E-state index is 0.0884. The summed E-state index contributed by atoms with van der Waals surface area (Å²) in [6.07, 6.45) is 0.657. The van der Waals surface area contributed by atoms with Gasteiger partial charge in [0.1, 0.15) is 5.92 Å². The van der Waals surface area contributed by atoms with Crippen molar-refractivity contribution in [2.75, 3.05) is 19.5 Å². The van der Waals surface area contributed by atoms with Crippen molar-refractivity contribution in [3.8, 4) is 11.5 Å². The van der Waals surface area contributed by atoms with E-state index in [2.05, 4.69) is 5.32 Å². The second-order valence-electron chi connectivity index (χ2n) is 6.04. The molecule has 2 aromatic rings. The summed E-state index contributed by atoms with van der Waals surface area (Å²) < 4.78 is 10.7. The van der Waals surface area contributed by atoms with Gasteiger partial charge in [0.2, 0.25) is 5.91 Å². The van der Waals surface area contributed by atoms with Crippen LogP contribution in [0.15, 0.2) is 41.4 Å². The molecular formula is C20H23N3O3. The van der Waals surface area contributed by atoms with E-state index in [1.54, 1.807) is 20.3 Å². The maximum atomic E-state index is 12.6. The van der Waals surface area contributed by atoms with E-state index in [1.165, 1.54) is 0 Å². The number of carbonyl (C=O) groups excluding carboxylic acids is 1. The lowest BCUT2D eigenvalue weighted by Crippen LogP contribution is -2.20. The first-order valence-corrected chi connectivity index (χ1v) is 8.54. The highest BCUT2D eigenvalue weighted by molar-refractivity contribution is 6.19. The molecule has 3 rings (SSSR count). The summed E-state index contributed by atoms with van der Waals surface area (Å²) in [4.78, 5) is 17.4. The summed E-state index contributed by atoms with van der Waals surface area (Å²) in [5, 5.41) is 2.92. The Bertz CT molecular complexity index is 844. The maximum absolute atomic E-state index is 12.6. The predicted octanol–water partition coefficient (Wildman–Crippen LogP) is 3.38. The first kappa shape index (κ1) is 17.9. The number of benzene rings is 2. The zero-order valence-electron chi connectivity index (χ0n) is 15.2. The Kier molecular flexibility index (Phi) is 5.23. The Morgan fingerprint density at radius 2 is 1.81 bits per heavy atom. The molecule has 1 unspecified atom stereocenters. The molecule has 0 bridgehead atoms. The molecular weight excluding hydrogens is 330 g/mol. The van der Waals surface area contributed by atoms with Crippen LogP contribution in [-0.4, -0.2) is 25.8 Å². The van der Waals surface area contributed by atoms with E-state index in [0.29, 0.717) is 24.5 Å². The van der Waals surface area contributed by atoms with Crippen LogP contribution in [0.5, 0.6) is 11.5 Å². The van der Waals surface area contributed by atoms with Crippen LogP contribution in [0.25, 0.3) is 0 Å². The van der Waals surface area contributed by atoms with E-state index >= 15 is 0 Å². The highest BCUT2D eigenvalue weighted by atomic mass is 16.5. The first-order chi connectivity index (χ1) is 12.6. The molecule has 1 amide bonds. The number of aliphatic imine (C=N–C) groups is 1. The second kappa shape index (κ2) is 7.58. The largest absolute Gasteiger partial charge is 0.493 e. The van der Waals surface area contributed by atoms with Crippen molar-refractivity contribution < 1.29 is 14.3 Å². The smallest absolute Gasteiger partial charge is 0.237 e. The minimum Gasteiger partial charge on any atom is -0.493 e. The fourth-order valence-electron chi connectivity index (χ4n) is 3.14. The van der Waals surface area contributed by atoms with Gasteiger partial charge in [-0.3, -0.25) is 9.79 Å². The third-order valence-corrected chi connectivity index (χ3v) is 4.53. The Morgan fingerprint density at radius 3 is 2.38 bits per heavy atom. The van der Waals surface area contributed by atoms with Crippen LogP contribution in [0.4, 0.5) is 11.4 Å². The van der Waals surface area contributed by atoms with E-state index in [1.807, 2.05) is 37.3 Å². The van der Waals surface area contributed by atoms with Gasteiger partial charge in [0.25, 0.3) is 0 Å². The molecule has 1 aliphatic rings. The molecule has 6 nitrogen and oxygen atoms in total. The lowest BCUT2D eigenvalue weighted by molar-refractivity contribution is -0.115. The molecule has 0 saturated heterocycles. The number of ether oxygens (including phenoxy) is 2. The number of rotatable bonds is 6. The van der Waals surface area contributed by atoms with Crippen LogP contribution in [0.1, 0.15) is 30.4 Å². The molecule has 0 aliphatic carbocycles. The number of amides is 1. The number of carbonyl (C=O) groups is 1. The molecule has 26 heavy (non-hydrogen) atoms. The Balaban J connectivity index is 2.02. The molecule has 0 spiro atoms. The van der Waals surface area contributed by atoms with E-state index in [0.717, 1.165) is 28.2 Å². The van der Waals surface area contributed by atoms with Crippen molar-refractivity contribution in [1.82, 2.24) is 0 Å². The zero-order chi connectivity index (χ0) is 18.7. The van der Waals surface area contributed by atoms with Gasteiger partial charge in [-0.2, -0.15) is 0 Å². The number of anilines is 1. The monoisotopic (exact) mass is 353 g/mol. The normalized spacial score (nSPS) is 16.2. The highest BCUT2D eigenvalue weighted by Crippen LogP contribution is 2.42. The number of nitrogens with two attached hydrogens (primary N) is 1. The van der Waals surface area contributed by atoms with Gasteiger partial charge in [0.05, 0.1) is 19.9 Å². The van der Waals surface area contributed by atoms with Gasteiger partial charge in [0, 0.05) is 24.0 Å².